The molecule has 0 aliphatic carbocycles. The van der Waals surface area contributed by atoms with E-state index in [0.717, 1.165) is 4.90 Å². The van der Waals surface area contributed by atoms with Gasteiger partial charge in [-0.2, -0.15) is 10.2 Å². The number of carbonyl (C=O) groups excluding carboxylic acids is 2. The first-order valence-electron chi connectivity index (χ1n) is 10.3. The van der Waals surface area contributed by atoms with Gasteiger partial charge < -0.3 is 9.64 Å². The van der Waals surface area contributed by atoms with Crippen LogP contribution in [-0.2, 0) is 9.53 Å². The monoisotopic (exact) mass is 493 g/mol. The molecule has 0 unspecified atom stereocenters. The number of nitriles is 1. The highest BCUT2D eigenvalue weighted by Crippen LogP contribution is 2.26. The van der Waals surface area contributed by atoms with Crippen LogP contribution >= 0.6 is 11.3 Å². The summed E-state index contributed by atoms with van der Waals surface area (Å²) in [4.78, 5) is 31.5. The van der Waals surface area contributed by atoms with E-state index in [4.69, 9.17) is 10.00 Å². The first-order valence-corrected chi connectivity index (χ1v) is 11.2. The van der Waals surface area contributed by atoms with Gasteiger partial charge in [-0.25, -0.2) is 18.3 Å². The average molecular weight is 493 g/mol. The van der Waals surface area contributed by atoms with E-state index in [9.17, 15) is 18.4 Å². The van der Waals surface area contributed by atoms with Gasteiger partial charge in [0.15, 0.2) is 12.4 Å². The lowest BCUT2D eigenvalue weighted by Crippen LogP contribution is -2.36. The van der Waals surface area contributed by atoms with Crippen molar-refractivity contribution in [2.24, 2.45) is 0 Å². The Hall–Kier alpha value is -4.43. The molecule has 0 radical (unpaired) electrons. The van der Waals surface area contributed by atoms with Gasteiger partial charge in [-0.3, -0.25) is 4.79 Å². The standard InChI is InChI=1S/C24H17F2N5O3S/c25-16-8-10-17(11-9-16)31-23(20-7-3-14-35-20)28-22(29-31)24(33)34-15-21(32)30(13-4-12-27)19-6-2-1-5-18(19)26/h1-3,5-11,14H,4,13,15H2. The molecule has 2 heterocycles. The molecule has 2 aromatic heterocycles. The summed E-state index contributed by atoms with van der Waals surface area (Å²) in [5, 5.41) is 14.9. The van der Waals surface area contributed by atoms with Crippen LogP contribution < -0.4 is 4.90 Å². The average Bonchev–Trinajstić information content (AvgIpc) is 3.54. The molecule has 0 fully saturated rings. The van der Waals surface area contributed by atoms with E-state index in [1.165, 1.54) is 58.5 Å². The molecule has 2 aromatic carbocycles. The number of nitrogens with zero attached hydrogens (tertiary/aromatic N) is 5. The highest BCUT2D eigenvalue weighted by atomic mass is 32.1. The summed E-state index contributed by atoms with van der Waals surface area (Å²) in [6.07, 6.45) is -0.0399. The largest absolute Gasteiger partial charge is 0.450 e. The van der Waals surface area contributed by atoms with Crippen LogP contribution in [0.4, 0.5) is 14.5 Å². The fraction of sp³-hybridized carbons (Fsp3) is 0.125. The lowest BCUT2D eigenvalue weighted by Gasteiger charge is -2.21. The first-order chi connectivity index (χ1) is 17.0. The van der Waals surface area contributed by atoms with Gasteiger partial charge in [0, 0.05) is 6.54 Å². The Morgan fingerprint density at radius 1 is 1.09 bits per heavy atom. The van der Waals surface area contributed by atoms with Crippen LogP contribution in [0.5, 0.6) is 0 Å². The predicted octanol–water partition coefficient (Wildman–Crippen LogP) is 4.38. The van der Waals surface area contributed by atoms with Crippen molar-refractivity contribution in [2.75, 3.05) is 18.1 Å². The molecule has 11 heteroatoms. The lowest BCUT2D eigenvalue weighted by molar-refractivity contribution is -0.121. The summed E-state index contributed by atoms with van der Waals surface area (Å²) in [5.41, 5.74) is 0.446. The maximum Gasteiger partial charge on any atom is 0.378 e. The Morgan fingerprint density at radius 2 is 1.86 bits per heavy atom. The van der Waals surface area contributed by atoms with Crippen molar-refractivity contribution >= 4 is 28.9 Å². The van der Waals surface area contributed by atoms with E-state index < -0.39 is 30.1 Å². The molecule has 0 aliphatic heterocycles. The first kappa shape index (κ1) is 23.7. The molecule has 8 nitrogen and oxygen atoms in total. The van der Waals surface area contributed by atoms with Gasteiger partial charge in [-0.05, 0) is 47.8 Å². The number of hydrogen-bond acceptors (Lipinski definition) is 7. The van der Waals surface area contributed by atoms with Crippen molar-refractivity contribution in [2.45, 2.75) is 6.42 Å². The molecular weight excluding hydrogens is 476 g/mol. The second kappa shape index (κ2) is 10.7. The van der Waals surface area contributed by atoms with E-state index in [2.05, 4.69) is 10.1 Å². The van der Waals surface area contributed by atoms with E-state index >= 15 is 0 Å². The smallest absolute Gasteiger partial charge is 0.378 e. The van der Waals surface area contributed by atoms with Crippen LogP contribution in [0.3, 0.4) is 0 Å². The highest BCUT2D eigenvalue weighted by Gasteiger charge is 2.24. The second-order valence-electron chi connectivity index (χ2n) is 7.11. The van der Waals surface area contributed by atoms with Crippen LogP contribution in [-0.4, -0.2) is 39.8 Å². The minimum absolute atomic E-state index is 0.0255. The van der Waals surface area contributed by atoms with Gasteiger partial charge in [0.05, 0.1) is 28.7 Å². The summed E-state index contributed by atoms with van der Waals surface area (Å²) in [6.45, 7) is -0.786. The predicted molar refractivity (Wildman–Crippen MR) is 124 cm³/mol. The zero-order valence-corrected chi connectivity index (χ0v) is 18.9. The number of esters is 1. The van der Waals surface area contributed by atoms with Crippen molar-refractivity contribution in [3.05, 3.63) is 83.5 Å². The number of thiophene rings is 1. The number of rotatable bonds is 8. The number of para-hydroxylation sites is 1. The van der Waals surface area contributed by atoms with Gasteiger partial charge in [0.1, 0.15) is 11.6 Å². The number of hydrogen-bond donors (Lipinski definition) is 0. The Labute approximate surface area is 202 Å². The van der Waals surface area contributed by atoms with Crippen LogP contribution in [0.15, 0.2) is 66.0 Å². The Bertz CT molecular complexity index is 1380. The molecule has 176 valence electrons. The van der Waals surface area contributed by atoms with E-state index in [1.807, 2.05) is 11.4 Å². The van der Waals surface area contributed by atoms with Crippen molar-refractivity contribution in [3.8, 4) is 22.5 Å². The van der Waals surface area contributed by atoms with Crippen molar-refractivity contribution in [1.82, 2.24) is 14.8 Å². The van der Waals surface area contributed by atoms with Crippen molar-refractivity contribution < 1.29 is 23.1 Å². The third kappa shape index (κ3) is 5.39. The molecule has 0 spiro atoms. The fourth-order valence-corrected chi connectivity index (χ4v) is 3.91. The normalized spacial score (nSPS) is 10.5. The second-order valence-corrected chi connectivity index (χ2v) is 8.05. The molecule has 0 aliphatic rings. The van der Waals surface area contributed by atoms with Crippen molar-refractivity contribution in [1.29, 1.82) is 5.26 Å². The van der Waals surface area contributed by atoms with Crippen LogP contribution in [0, 0.1) is 23.0 Å². The van der Waals surface area contributed by atoms with Crippen LogP contribution in [0.1, 0.15) is 17.0 Å². The van der Waals surface area contributed by atoms with Crippen LogP contribution in [0.25, 0.3) is 16.4 Å². The molecule has 35 heavy (non-hydrogen) atoms. The molecule has 0 bridgehead atoms. The molecule has 4 aromatic rings. The maximum absolute atomic E-state index is 14.2. The third-order valence-electron chi connectivity index (χ3n) is 4.82. The Kier molecular flexibility index (Phi) is 7.23. The lowest BCUT2D eigenvalue weighted by atomic mass is 10.2. The molecular formula is C24H17F2N5O3S. The molecule has 0 saturated carbocycles. The van der Waals surface area contributed by atoms with Crippen LogP contribution in [0.2, 0.25) is 0 Å². The summed E-state index contributed by atoms with van der Waals surface area (Å²) in [5.74, 6) is -2.72. The molecule has 0 saturated heterocycles. The molecule has 4 rings (SSSR count). The van der Waals surface area contributed by atoms with E-state index in [0.29, 0.717) is 16.4 Å². The Morgan fingerprint density at radius 3 is 2.54 bits per heavy atom. The third-order valence-corrected chi connectivity index (χ3v) is 5.69. The van der Waals surface area contributed by atoms with E-state index in [1.54, 1.807) is 18.2 Å². The number of benzene rings is 2. The fourth-order valence-electron chi connectivity index (χ4n) is 3.21. The summed E-state index contributed by atoms with van der Waals surface area (Å²) >= 11 is 1.37. The minimum atomic E-state index is -0.967. The SMILES string of the molecule is N#CCCN(C(=O)COC(=O)c1nc(-c2cccs2)n(-c2ccc(F)cc2)n1)c1ccccc1F. The topological polar surface area (TPSA) is 101 Å². The summed E-state index contributed by atoms with van der Waals surface area (Å²) in [6, 6.07) is 16.6. The molecule has 0 N–H and O–H groups in total. The number of halogens is 2. The minimum Gasteiger partial charge on any atom is -0.450 e. The van der Waals surface area contributed by atoms with Gasteiger partial charge >= 0.3 is 5.97 Å². The maximum atomic E-state index is 14.2. The van der Waals surface area contributed by atoms with Gasteiger partial charge in [0.2, 0.25) is 0 Å². The van der Waals surface area contributed by atoms with Gasteiger partial charge in [0.25, 0.3) is 11.7 Å². The summed E-state index contributed by atoms with van der Waals surface area (Å²) in [7, 11) is 0. The quantitative estimate of drug-likeness (QED) is 0.338. The molecule has 1 amide bonds. The number of anilines is 1. The molecule has 0 atom stereocenters. The number of amides is 1. The summed E-state index contributed by atoms with van der Waals surface area (Å²) < 4.78 is 34.1. The van der Waals surface area contributed by atoms with Gasteiger partial charge in [-0.15, -0.1) is 16.4 Å². The zero-order chi connectivity index (χ0) is 24.8. The van der Waals surface area contributed by atoms with Crippen molar-refractivity contribution in [3.63, 3.8) is 0 Å². The number of ether oxygens (including phenoxy) is 1. The zero-order valence-electron chi connectivity index (χ0n) is 18.1. The highest BCUT2D eigenvalue weighted by molar-refractivity contribution is 7.13. The van der Waals surface area contributed by atoms with E-state index in [-0.39, 0.29) is 24.5 Å². The van der Waals surface area contributed by atoms with Gasteiger partial charge in [-0.1, -0.05) is 18.2 Å². The number of aromatic nitrogens is 3. The Balaban J connectivity index is 1.55. The number of carbonyl (C=O) groups is 2.